The third-order valence-corrected chi connectivity index (χ3v) is 11.2. The number of rotatable bonds is 6. The van der Waals surface area contributed by atoms with E-state index in [0.717, 1.165) is 49.9 Å². The molecule has 0 N–H and O–H groups in total. The van der Waals surface area contributed by atoms with Crippen LogP contribution in [0, 0.1) is 0 Å². The van der Waals surface area contributed by atoms with Crippen molar-refractivity contribution in [3.05, 3.63) is 212 Å². The Morgan fingerprint density at radius 1 is 0.281 bits per heavy atom. The van der Waals surface area contributed by atoms with Gasteiger partial charge in [-0.1, -0.05) is 182 Å². The van der Waals surface area contributed by atoms with Gasteiger partial charge in [0.25, 0.3) is 0 Å². The van der Waals surface area contributed by atoms with E-state index < -0.39 is 0 Å². The monoisotopic (exact) mass is 725 g/mol. The minimum Gasteiger partial charge on any atom is -0.278 e. The molecular weight excluding hydrogens is 691 g/mol. The zero-order chi connectivity index (χ0) is 37.7. The van der Waals surface area contributed by atoms with Crippen molar-refractivity contribution in [3.8, 4) is 61.7 Å². The molecule has 2 aromatic heterocycles. The van der Waals surface area contributed by atoms with Gasteiger partial charge in [-0.2, -0.15) is 0 Å². The van der Waals surface area contributed by atoms with E-state index in [1.807, 2.05) is 0 Å². The Hall–Kier alpha value is -7.62. The summed E-state index contributed by atoms with van der Waals surface area (Å²) in [5.41, 5.74) is 14.3. The van der Waals surface area contributed by atoms with E-state index in [2.05, 4.69) is 217 Å². The second-order valence-electron chi connectivity index (χ2n) is 14.6. The third-order valence-electron chi connectivity index (χ3n) is 11.2. The number of benzene rings is 9. The number of aromatic nitrogens is 3. The highest BCUT2D eigenvalue weighted by Crippen LogP contribution is 2.39. The van der Waals surface area contributed by atoms with Crippen LogP contribution >= 0.6 is 0 Å². The normalized spacial score (nSPS) is 11.5. The number of fused-ring (bicyclic) bond motifs is 5. The first kappa shape index (κ1) is 32.8. The molecule has 11 rings (SSSR count). The fourth-order valence-electron chi connectivity index (χ4n) is 8.28. The lowest BCUT2D eigenvalue weighted by Crippen LogP contribution is -2.04. The highest BCUT2D eigenvalue weighted by atomic mass is 15.2. The first-order chi connectivity index (χ1) is 28.2. The van der Waals surface area contributed by atoms with Gasteiger partial charge in [0, 0.05) is 21.7 Å². The smallest absolute Gasteiger partial charge is 0.235 e. The number of hydrogen-bond donors (Lipinski definition) is 0. The van der Waals surface area contributed by atoms with Gasteiger partial charge in [-0.05, 0) is 85.6 Å². The van der Waals surface area contributed by atoms with Gasteiger partial charge in [-0.15, -0.1) is 0 Å². The summed E-state index contributed by atoms with van der Waals surface area (Å²) in [6.45, 7) is 0. The molecule has 0 unspecified atom stereocenters. The fourth-order valence-corrected chi connectivity index (χ4v) is 8.28. The number of nitrogens with zero attached hydrogens (tertiary/aromatic N) is 3. The minimum absolute atomic E-state index is 0.644. The lowest BCUT2D eigenvalue weighted by molar-refractivity contribution is 1.01. The van der Waals surface area contributed by atoms with Gasteiger partial charge in [-0.25, -0.2) is 9.97 Å². The van der Waals surface area contributed by atoms with Crippen LogP contribution in [0.3, 0.4) is 0 Å². The van der Waals surface area contributed by atoms with E-state index in [9.17, 15) is 0 Å². The van der Waals surface area contributed by atoms with Crippen LogP contribution in [-0.4, -0.2) is 14.5 Å². The molecule has 3 nitrogen and oxygen atoms in total. The van der Waals surface area contributed by atoms with E-state index >= 15 is 0 Å². The second kappa shape index (κ2) is 13.6. The Bertz CT molecular complexity index is 3240. The lowest BCUT2D eigenvalue weighted by Gasteiger charge is -2.14. The minimum atomic E-state index is 0.644. The average molecular weight is 726 g/mol. The first-order valence-electron chi connectivity index (χ1n) is 19.4. The Morgan fingerprint density at radius 2 is 0.719 bits per heavy atom. The van der Waals surface area contributed by atoms with E-state index in [0.29, 0.717) is 5.95 Å². The van der Waals surface area contributed by atoms with Crippen LogP contribution in [0.1, 0.15) is 0 Å². The maximum absolute atomic E-state index is 5.54. The van der Waals surface area contributed by atoms with Gasteiger partial charge >= 0.3 is 0 Å². The zero-order valence-corrected chi connectivity index (χ0v) is 31.0. The SMILES string of the molecule is c1ccc(-c2ccc(-c3ccc4nc(-n5c6cc(-c7ccccc7)ccc6c6cc7ccccc7cc65)nc(-c5ccc(-c6ccccc6)cc5)c4c3)cc2)cc1. The van der Waals surface area contributed by atoms with E-state index in [4.69, 9.17) is 9.97 Å². The van der Waals surface area contributed by atoms with Crippen molar-refractivity contribution in [2.45, 2.75) is 0 Å². The van der Waals surface area contributed by atoms with Crippen molar-refractivity contribution in [2.24, 2.45) is 0 Å². The Labute approximate surface area is 330 Å². The third kappa shape index (κ3) is 5.85. The standard InChI is InChI=1S/C54H35N3/c1-4-12-36(13-5-1)39-20-22-41(23-21-39)45-29-31-50-49(33-45)53(42-26-24-40(25-27-42)37-14-6-2-7-15-37)56-54(55-50)57-51-35-46(38-16-8-3-9-17-38)28-30-47(51)48-32-43-18-10-11-19-44(43)34-52(48)57/h1-35H. The molecule has 2 heterocycles. The molecule has 11 aromatic rings. The molecule has 0 bridgehead atoms. The quantitative estimate of drug-likeness (QED) is 0.171. The van der Waals surface area contributed by atoms with Gasteiger partial charge in [0.1, 0.15) is 0 Å². The van der Waals surface area contributed by atoms with Crippen LogP contribution in [0.15, 0.2) is 212 Å². The average Bonchev–Trinajstić information content (AvgIpc) is 3.61. The summed E-state index contributed by atoms with van der Waals surface area (Å²) in [4.78, 5) is 10.9. The first-order valence-corrected chi connectivity index (χ1v) is 19.4. The summed E-state index contributed by atoms with van der Waals surface area (Å²) in [7, 11) is 0. The molecule has 0 atom stereocenters. The van der Waals surface area contributed by atoms with E-state index in [1.54, 1.807) is 0 Å². The van der Waals surface area contributed by atoms with Gasteiger partial charge < -0.3 is 0 Å². The molecule has 9 aromatic carbocycles. The maximum Gasteiger partial charge on any atom is 0.235 e. The van der Waals surface area contributed by atoms with Gasteiger partial charge in [0.2, 0.25) is 5.95 Å². The molecule has 266 valence electrons. The predicted octanol–water partition coefficient (Wildman–Crippen LogP) is 14.2. The summed E-state index contributed by atoms with van der Waals surface area (Å²) in [5.74, 6) is 0.644. The maximum atomic E-state index is 5.54. The van der Waals surface area contributed by atoms with Gasteiger partial charge in [0.15, 0.2) is 0 Å². The molecule has 0 saturated carbocycles. The van der Waals surface area contributed by atoms with Crippen LogP contribution in [0.5, 0.6) is 0 Å². The van der Waals surface area contributed by atoms with Crippen molar-refractivity contribution >= 4 is 43.5 Å². The molecule has 57 heavy (non-hydrogen) atoms. The van der Waals surface area contributed by atoms with Crippen LogP contribution < -0.4 is 0 Å². The van der Waals surface area contributed by atoms with E-state index in [-0.39, 0.29) is 0 Å². The molecule has 0 spiro atoms. The topological polar surface area (TPSA) is 30.7 Å². The van der Waals surface area contributed by atoms with Crippen LogP contribution in [-0.2, 0) is 0 Å². The summed E-state index contributed by atoms with van der Waals surface area (Å²) >= 11 is 0. The predicted molar refractivity (Wildman–Crippen MR) is 239 cm³/mol. The molecule has 3 heteroatoms. The van der Waals surface area contributed by atoms with Crippen molar-refractivity contribution < 1.29 is 0 Å². The molecule has 0 fully saturated rings. The van der Waals surface area contributed by atoms with Crippen LogP contribution in [0.25, 0.3) is 105 Å². The molecule has 0 aliphatic carbocycles. The fraction of sp³-hybridized carbons (Fsp3) is 0. The molecule has 0 radical (unpaired) electrons. The Morgan fingerprint density at radius 3 is 1.33 bits per heavy atom. The van der Waals surface area contributed by atoms with Crippen molar-refractivity contribution in [1.29, 1.82) is 0 Å². The van der Waals surface area contributed by atoms with Gasteiger partial charge in [-0.3, -0.25) is 4.57 Å². The van der Waals surface area contributed by atoms with Gasteiger partial charge in [0.05, 0.1) is 22.2 Å². The van der Waals surface area contributed by atoms with Crippen LogP contribution in [0.2, 0.25) is 0 Å². The zero-order valence-electron chi connectivity index (χ0n) is 31.0. The summed E-state index contributed by atoms with van der Waals surface area (Å²) in [5, 5.41) is 5.74. The molecule has 0 amide bonds. The highest BCUT2D eigenvalue weighted by Gasteiger charge is 2.19. The lowest BCUT2D eigenvalue weighted by atomic mass is 9.97. The summed E-state index contributed by atoms with van der Waals surface area (Å²) in [6, 6.07) is 75.8. The highest BCUT2D eigenvalue weighted by molar-refractivity contribution is 6.14. The number of hydrogen-bond acceptors (Lipinski definition) is 2. The molecule has 0 aliphatic rings. The second-order valence-corrected chi connectivity index (χ2v) is 14.6. The Balaban J connectivity index is 1.14. The van der Waals surface area contributed by atoms with E-state index in [1.165, 1.54) is 49.4 Å². The molecular formula is C54H35N3. The summed E-state index contributed by atoms with van der Waals surface area (Å²) in [6.07, 6.45) is 0. The van der Waals surface area contributed by atoms with Crippen LogP contribution in [0.4, 0.5) is 0 Å². The summed E-state index contributed by atoms with van der Waals surface area (Å²) < 4.78 is 2.26. The van der Waals surface area contributed by atoms with Crippen molar-refractivity contribution in [1.82, 2.24) is 14.5 Å². The molecule has 0 saturated heterocycles. The largest absolute Gasteiger partial charge is 0.278 e. The van der Waals surface area contributed by atoms with Crippen molar-refractivity contribution in [3.63, 3.8) is 0 Å². The molecule has 0 aliphatic heterocycles. The Kier molecular flexibility index (Phi) is 7.82. The van der Waals surface area contributed by atoms with Crippen molar-refractivity contribution in [2.75, 3.05) is 0 Å².